The van der Waals surface area contributed by atoms with Crippen LogP contribution in [0.4, 0.5) is 0 Å². The van der Waals surface area contributed by atoms with Gasteiger partial charge in [0.1, 0.15) is 36.3 Å². The molecule has 5 aromatic rings. The van der Waals surface area contributed by atoms with Gasteiger partial charge in [0, 0.05) is 55.7 Å². The molecule has 22 heteroatoms. The van der Waals surface area contributed by atoms with Crippen LogP contribution in [0.15, 0.2) is 121 Å². The summed E-state index contributed by atoms with van der Waals surface area (Å²) in [6.45, 7) is 1.65. The maximum atomic E-state index is 14.9. The number of carbonyl (C=O) groups excluding carboxylic acids is 8. The molecular formula is C57H73N11O11. The number of hydrogen-bond acceptors (Lipinski definition) is 12. The van der Waals surface area contributed by atoms with E-state index in [1.165, 1.54) is 6.92 Å². The normalized spacial score (nSPS) is 14.1. The highest BCUT2D eigenvalue weighted by atomic mass is 16.4. The van der Waals surface area contributed by atoms with E-state index in [1.54, 1.807) is 103 Å². The maximum Gasteiger partial charge on any atom is 0.303 e. The summed E-state index contributed by atoms with van der Waals surface area (Å²) in [5.74, 6) is -7.42. The van der Waals surface area contributed by atoms with Crippen molar-refractivity contribution >= 4 is 64.1 Å². The lowest BCUT2D eigenvalue weighted by Gasteiger charge is -2.28. The van der Waals surface area contributed by atoms with E-state index in [9.17, 15) is 48.3 Å². The number of amides is 8. The topological polar surface area (TPSA) is 372 Å². The summed E-state index contributed by atoms with van der Waals surface area (Å²) in [5, 5.41) is 39.7. The van der Waals surface area contributed by atoms with Gasteiger partial charge in [-0.3, -0.25) is 43.2 Å². The summed E-state index contributed by atoms with van der Waals surface area (Å²) in [5.41, 5.74) is 20.4. The van der Waals surface area contributed by atoms with Crippen molar-refractivity contribution in [3.63, 3.8) is 0 Å². The fraction of sp³-hybridized carbons (Fsp3) is 0.386. The van der Waals surface area contributed by atoms with Crippen LogP contribution in [0.5, 0.6) is 0 Å². The number of aliphatic hydroxyl groups excluding tert-OH is 1. The molecule has 0 aliphatic heterocycles. The molecule has 0 aliphatic carbocycles. The van der Waals surface area contributed by atoms with Gasteiger partial charge in [-0.1, -0.05) is 109 Å². The number of carboxylic acids is 1. The number of fused-ring (bicyclic) bond motifs is 1. The van der Waals surface area contributed by atoms with E-state index >= 15 is 0 Å². The minimum absolute atomic E-state index is 0.00189. The summed E-state index contributed by atoms with van der Waals surface area (Å²) in [4.78, 5) is 125. The first-order valence-electron chi connectivity index (χ1n) is 26.3. The second kappa shape index (κ2) is 31.7. The van der Waals surface area contributed by atoms with Crippen LogP contribution in [0.2, 0.25) is 0 Å². The number of hydrogen-bond donors (Lipinski definition) is 13. The van der Waals surface area contributed by atoms with E-state index in [1.807, 2.05) is 18.2 Å². The highest BCUT2D eigenvalue weighted by Gasteiger charge is 2.36. The van der Waals surface area contributed by atoms with Gasteiger partial charge in [0.2, 0.25) is 47.3 Å². The Morgan fingerprint density at radius 2 is 0.987 bits per heavy atom. The Hall–Kier alpha value is -8.47. The number of aliphatic carboxylic acids is 1. The Morgan fingerprint density at radius 3 is 1.49 bits per heavy atom. The molecule has 0 saturated heterocycles. The standard InChI is InChI=1S/C57H73N11O11/c1-35(69)50(57(79)67-44(29-36-17-5-2-6-18-36)52(74)61-28-16-14-26-49(71)72)68-53(75)43(25-13-15-27-58)63-56(78)47(32-39-34-62-42-24-12-11-23-40(39)42)66-55(77)46(31-38-21-9-4-10-22-38)65-54(76)45(30-37-19-7-3-8-20-37)64-51(73)41(59)33-48(60)70/h2-12,17-24,34-35,41,43-47,50,62,69H,13-16,25-33,58-59H2,1H3,(H2,60,70)(H,61,74)(H,63,78)(H,64,73)(H,65,76)(H,66,77)(H,67,79)(H,68,75)(H,71,72)/t35-,41+,43+,44+,45+,46+,47-,50+/m1/s1. The average Bonchev–Trinajstić information content (AvgIpc) is 3.90. The highest BCUT2D eigenvalue weighted by Crippen LogP contribution is 2.20. The lowest BCUT2D eigenvalue weighted by molar-refractivity contribution is -0.137. The summed E-state index contributed by atoms with van der Waals surface area (Å²) < 4.78 is 0. The molecule has 422 valence electrons. The number of nitrogens with two attached hydrogens (primary N) is 3. The predicted molar refractivity (Wildman–Crippen MR) is 295 cm³/mol. The van der Waals surface area contributed by atoms with E-state index in [0.717, 1.165) is 10.9 Å². The molecule has 0 saturated carbocycles. The van der Waals surface area contributed by atoms with E-state index < -0.39 is 108 Å². The summed E-state index contributed by atoms with van der Waals surface area (Å²) >= 11 is 0. The fourth-order valence-electron chi connectivity index (χ4n) is 8.73. The molecule has 8 amide bonds. The first-order chi connectivity index (χ1) is 37.9. The van der Waals surface area contributed by atoms with Crippen molar-refractivity contribution in [1.29, 1.82) is 0 Å². The number of benzene rings is 4. The Kier molecular flexibility index (Phi) is 24.6. The Labute approximate surface area is 458 Å². The average molecular weight is 1090 g/mol. The summed E-state index contributed by atoms with van der Waals surface area (Å²) in [6, 6.07) is 23.9. The number of carbonyl (C=O) groups is 9. The number of unbranched alkanes of at least 4 members (excludes halogenated alkanes) is 2. The molecule has 0 spiro atoms. The number of nitrogens with one attached hydrogen (secondary N) is 8. The molecule has 22 nitrogen and oxygen atoms in total. The van der Waals surface area contributed by atoms with Crippen molar-refractivity contribution in [2.75, 3.05) is 13.1 Å². The zero-order chi connectivity index (χ0) is 57.3. The van der Waals surface area contributed by atoms with Gasteiger partial charge < -0.3 is 69.6 Å². The molecule has 79 heavy (non-hydrogen) atoms. The van der Waals surface area contributed by atoms with Crippen molar-refractivity contribution in [3.05, 3.63) is 144 Å². The van der Waals surface area contributed by atoms with Crippen LogP contribution in [0.3, 0.4) is 0 Å². The molecule has 0 aliphatic rings. The molecule has 1 heterocycles. The van der Waals surface area contributed by atoms with Crippen molar-refractivity contribution in [3.8, 4) is 0 Å². The third-order valence-corrected chi connectivity index (χ3v) is 13.0. The zero-order valence-electron chi connectivity index (χ0n) is 44.2. The van der Waals surface area contributed by atoms with Gasteiger partial charge in [-0.2, -0.15) is 0 Å². The molecule has 5 rings (SSSR count). The minimum atomic E-state index is -1.64. The Morgan fingerprint density at radius 1 is 0.532 bits per heavy atom. The molecule has 0 bridgehead atoms. The fourth-order valence-corrected chi connectivity index (χ4v) is 8.73. The van der Waals surface area contributed by atoms with Crippen LogP contribution in [0.25, 0.3) is 10.9 Å². The highest BCUT2D eigenvalue weighted by molar-refractivity contribution is 5.98. The predicted octanol–water partition coefficient (Wildman–Crippen LogP) is 0.431. The van der Waals surface area contributed by atoms with E-state index in [2.05, 4.69) is 42.2 Å². The number of aliphatic hydroxyl groups is 1. The molecule has 1 aromatic heterocycles. The summed E-state index contributed by atoms with van der Waals surface area (Å²) in [7, 11) is 0. The molecule has 0 radical (unpaired) electrons. The summed E-state index contributed by atoms with van der Waals surface area (Å²) in [6.07, 6.45) is 0.800. The second-order valence-corrected chi connectivity index (χ2v) is 19.4. The molecular weight excluding hydrogens is 1010 g/mol. The number of aromatic amines is 1. The SMILES string of the molecule is C[C@@H](O)[C@H](NC(=O)[C@H](CCCCN)NC(=O)[C@@H](Cc1c[nH]c2ccccc12)NC(=O)[C@H](Cc1ccccc1)NC(=O)[C@H](Cc1ccccc1)NC(=O)[C@@H](N)CC(N)=O)C(=O)N[C@@H](Cc1ccccc1)C(=O)NCCCCC(=O)O. The molecule has 16 N–H and O–H groups in total. The van der Waals surface area contributed by atoms with Gasteiger partial charge in [-0.25, -0.2) is 0 Å². The minimum Gasteiger partial charge on any atom is -0.481 e. The number of para-hydroxylation sites is 1. The molecule has 0 fully saturated rings. The van der Waals surface area contributed by atoms with Gasteiger partial charge in [0.15, 0.2) is 0 Å². The Balaban J connectivity index is 1.43. The van der Waals surface area contributed by atoms with Gasteiger partial charge in [-0.05, 0) is 73.9 Å². The third-order valence-electron chi connectivity index (χ3n) is 13.0. The molecule has 8 atom stereocenters. The quantitative estimate of drug-likeness (QED) is 0.0254. The second-order valence-electron chi connectivity index (χ2n) is 19.4. The number of carboxylic acid groups (broad SMARTS) is 1. The molecule has 4 aromatic carbocycles. The van der Waals surface area contributed by atoms with Gasteiger partial charge in [-0.15, -0.1) is 0 Å². The monoisotopic (exact) mass is 1090 g/mol. The first kappa shape index (κ1) is 61.4. The first-order valence-corrected chi connectivity index (χ1v) is 26.3. The third kappa shape index (κ3) is 20.4. The van der Waals surface area contributed by atoms with Crippen LogP contribution in [0.1, 0.15) is 74.1 Å². The van der Waals surface area contributed by atoms with E-state index in [0.29, 0.717) is 47.9 Å². The van der Waals surface area contributed by atoms with Gasteiger partial charge in [0.25, 0.3) is 0 Å². The lowest BCUT2D eigenvalue weighted by atomic mass is 10.00. The largest absolute Gasteiger partial charge is 0.481 e. The zero-order valence-corrected chi connectivity index (χ0v) is 44.2. The van der Waals surface area contributed by atoms with E-state index in [4.69, 9.17) is 22.3 Å². The number of rotatable bonds is 33. The number of primary amides is 1. The number of H-pyrrole nitrogens is 1. The van der Waals surface area contributed by atoms with Gasteiger partial charge in [0.05, 0.1) is 18.6 Å². The van der Waals surface area contributed by atoms with Crippen LogP contribution in [0, 0.1) is 0 Å². The number of aromatic nitrogens is 1. The van der Waals surface area contributed by atoms with Crippen LogP contribution in [-0.2, 0) is 68.8 Å². The van der Waals surface area contributed by atoms with Crippen LogP contribution >= 0.6 is 0 Å². The van der Waals surface area contributed by atoms with Crippen molar-refractivity contribution in [1.82, 2.24) is 42.2 Å². The van der Waals surface area contributed by atoms with E-state index in [-0.39, 0.29) is 51.6 Å². The molecule has 0 unspecified atom stereocenters. The van der Waals surface area contributed by atoms with Gasteiger partial charge >= 0.3 is 5.97 Å². The smallest absolute Gasteiger partial charge is 0.303 e. The van der Waals surface area contributed by atoms with Crippen LogP contribution < -0.4 is 54.4 Å². The van der Waals surface area contributed by atoms with Crippen molar-refractivity contribution in [2.45, 2.75) is 126 Å². The Bertz CT molecular complexity index is 2820. The lowest BCUT2D eigenvalue weighted by Crippen LogP contribution is -2.62. The van der Waals surface area contributed by atoms with Crippen LogP contribution in [-0.4, -0.2) is 130 Å². The maximum absolute atomic E-state index is 14.9. The van der Waals surface area contributed by atoms with Crippen molar-refractivity contribution < 1.29 is 53.4 Å². The van der Waals surface area contributed by atoms with Crippen molar-refractivity contribution in [2.24, 2.45) is 17.2 Å².